The van der Waals surface area contributed by atoms with Gasteiger partial charge in [0.15, 0.2) is 0 Å². The quantitative estimate of drug-likeness (QED) is 0.772. The molecule has 108 valence electrons. The number of hydrogen-bond acceptors (Lipinski definition) is 4. The minimum atomic E-state index is -1.02. The first-order valence-corrected chi connectivity index (χ1v) is 6.43. The van der Waals surface area contributed by atoms with Crippen LogP contribution in [0.25, 0.3) is 0 Å². The van der Waals surface area contributed by atoms with Gasteiger partial charge in [-0.1, -0.05) is 12.1 Å². The molecule has 6 nitrogen and oxygen atoms in total. The van der Waals surface area contributed by atoms with Gasteiger partial charge in [-0.05, 0) is 24.1 Å². The summed E-state index contributed by atoms with van der Waals surface area (Å²) < 4.78 is 5.06. The average Bonchev–Trinajstić information content (AvgIpc) is 2.77. The van der Waals surface area contributed by atoms with Crippen LogP contribution < -0.4 is 10.5 Å². The summed E-state index contributed by atoms with van der Waals surface area (Å²) in [6.07, 6.45) is -0.351. The van der Waals surface area contributed by atoms with Crippen molar-refractivity contribution in [3.63, 3.8) is 0 Å². The molecule has 0 bridgehead atoms. The number of carbonyl (C=O) groups excluding carboxylic acids is 2. The van der Waals surface area contributed by atoms with Crippen molar-refractivity contribution in [1.82, 2.24) is 4.90 Å². The van der Waals surface area contributed by atoms with Gasteiger partial charge in [-0.3, -0.25) is 9.59 Å². The van der Waals surface area contributed by atoms with Crippen molar-refractivity contribution in [2.24, 2.45) is 5.73 Å². The van der Waals surface area contributed by atoms with Crippen LogP contribution in [0.3, 0.4) is 0 Å². The Hall–Kier alpha value is -2.08. The van der Waals surface area contributed by atoms with Gasteiger partial charge in [0.2, 0.25) is 5.91 Å². The molecule has 1 aliphatic heterocycles. The highest BCUT2D eigenvalue weighted by molar-refractivity contribution is 5.90. The van der Waals surface area contributed by atoms with Gasteiger partial charge >= 0.3 is 0 Å². The molecule has 3 N–H and O–H groups in total. The van der Waals surface area contributed by atoms with Gasteiger partial charge in [0, 0.05) is 13.0 Å². The first-order valence-electron chi connectivity index (χ1n) is 6.43. The lowest BCUT2D eigenvalue weighted by atomic mass is 10.0. The number of hydrogen-bond donors (Lipinski definition) is 2. The van der Waals surface area contributed by atoms with Crippen LogP contribution in [0, 0.1) is 0 Å². The fraction of sp³-hybridized carbons (Fsp3) is 0.429. The number of rotatable bonds is 5. The van der Waals surface area contributed by atoms with E-state index in [0.29, 0.717) is 19.4 Å². The summed E-state index contributed by atoms with van der Waals surface area (Å²) in [7, 11) is 1.57. The van der Waals surface area contributed by atoms with Crippen molar-refractivity contribution in [2.45, 2.75) is 25.0 Å². The molecular weight excluding hydrogens is 260 g/mol. The summed E-state index contributed by atoms with van der Waals surface area (Å²) in [6, 6.07) is 6.49. The molecule has 1 fully saturated rings. The van der Waals surface area contributed by atoms with Crippen LogP contribution in [0.1, 0.15) is 12.0 Å². The Morgan fingerprint density at radius 1 is 1.50 bits per heavy atom. The van der Waals surface area contributed by atoms with Gasteiger partial charge in [-0.15, -0.1) is 0 Å². The Bertz CT molecular complexity index is 500. The van der Waals surface area contributed by atoms with Crippen molar-refractivity contribution >= 4 is 11.8 Å². The van der Waals surface area contributed by atoms with Crippen LogP contribution in [0.15, 0.2) is 24.3 Å². The molecule has 0 aliphatic carbocycles. The zero-order valence-electron chi connectivity index (χ0n) is 11.3. The van der Waals surface area contributed by atoms with Gasteiger partial charge in [0.1, 0.15) is 17.9 Å². The summed E-state index contributed by atoms with van der Waals surface area (Å²) in [6.45, 7) is 0.351. The maximum atomic E-state index is 11.8. The number of amides is 2. The molecule has 0 spiro atoms. The monoisotopic (exact) mass is 278 g/mol. The van der Waals surface area contributed by atoms with Crippen molar-refractivity contribution in [3.05, 3.63) is 29.8 Å². The van der Waals surface area contributed by atoms with Crippen LogP contribution in [-0.2, 0) is 16.0 Å². The van der Waals surface area contributed by atoms with E-state index in [-0.39, 0.29) is 0 Å². The summed E-state index contributed by atoms with van der Waals surface area (Å²) in [5.74, 6) is -0.275. The predicted octanol–water partition coefficient (Wildman–Crippen LogP) is -0.315. The van der Waals surface area contributed by atoms with Crippen molar-refractivity contribution in [2.75, 3.05) is 13.7 Å². The Balaban J connectivity index is 2.13. The fourth-order valence-corrected chi connectivity index (χ4v) is 2.35. The first-order chi connectivity index (χ1) is 9.52. The molecule has 2 rings (SSSR count). The normalized spacial score (nSPS) is 20.0. The third kappa shape index (κ3) is 2.91. The molecule has 0 radical (unpaired) electrons. The second-order valence-corrected chi connectivity index (χ2v) is 4.81. The first kappa shape index (κ1) is 14.3. The van der Waals surface area contributed by atoms with E-state index in [1.807, 2.05) is 12.1 Å². The number of primary amides is 1. The van der Waals surface area contributed by atoms with E-state index in [1.54, 1.807) is 19.2 Å². The summed E-state index contributed by atoms with van der Waals surface area (Å²) in [5.41, 5.74) is 6.27. The molecule has 1 aromatic rings. The van der Waals surface area contributed by atoms with Crippen LogP contribution in [0.2, 0.25) is 0 Å². The highest BCUT2D eigenvalue weighted by Crippen LogP contribution is 2.19. The van der Waals surface area contributed by atoms with E-state index < -0.39 is 24.0 Å². The zero-order valence-corrected chi connectivity index (χ0v) is 11.3. The number of nitrogens with zero attached hydrogens (tertiary/aromatic N) is 1. The number of aliphatic hydroxyl groups is 1. The van der Waals surface area contributed by atoms with Crippen molar-refractivity contribution in [3.8, 4) is 5.75 Å². The van der Waals surface area contributed by atoms with Crippen LogP contribution in [-0.4, -0.2) is 47.6 Å². The van der Waals surface area contributed by atoms with Crippen LogP contribution in [0.5, 0.6) is 5.75 Å². The third-order valence-corrected chi connectivity index (χ3v) is 3.50. The predicted molar refractivity (Wildman–Crippen MR) is 72.0 cm³/mol. The lowest BCUT2D eigenvalue weighted by Crippen LogP contribution is -2.48. The van der Waals surface area contributed by atoms with Gasteiger partial charge in [0.25, 0.3) is 5.91 Å². The summed E-state index contributed by atoms with van der Waals surface area (Å²) >= 11 is 0. The standard InChI is InChI=1S/C14H18N2O4/c1-20-10-4-2-9(3-5-10)8-11(13(15)18)16-7-6-12(17)14(16)19/h2-5,11-12,17H,6-8H2,1H3,(H2,15,18). The molecule has 2 atom stereocenters. The molecule has 1 saturated heterocycles. The molecule has 1 heterocycles. The second kappa shape index (κ2) is 5.92. The second-order valence-electron chi connectivity index (χ2n) is 4.81. The molecule has 6 heteroatoms. The SMILES string of the molecule is COc1ccc(CC(C(N)=O)N2CCC(O)C2=O)cc1. The Morgan fingerprint density at radius 2 is 2.15 bits per heavy atom. The molecule has 2 unspecified atom stereocenters. The molecule has 0 saturated carbocycles. The summed E-state index contributed by atoms with van der Waals surface area (Å²) in [5, 5.41) is 9.47. The largest absolute Gasteiger partial charge is 0.497 e. The lowest BCUT2D eigenvalue weighted by Gasteiger charge is -2.25. The lowest BCUT2D eigenvalue weighted by molar-refractivity contribution is -0.140. The Kier molecular flexibility index (Phi) is 4.24. The molecule has 1 aliphatic rings. The fourth-order valence-electron chi connectivity index (χ4n) is 2.35. The zero-order chi connectivity index (χ0) is 14.7. The topological polar surface area (TPSA) is 92.9 Å². The molecule has 1 aromatic carbocycles. The minimum absolute atomic E-state index is 0.331. The van der Waals surface area contributed by atoms with Crippen molar-refractivity contribution in [1.29, 1.82) is 0 Å². The highest BCUT2D eigenvalue weighted by atomic mass is 16.5. The van der Waals surface area contributed by atoms with E-state index in [9.17, 15) is 14.7 Å². The molecule has 20 heavy (non-hydrogen) atoms. The van der Waals surface area contributed by atoms with E-state index in [4.69, 9.17) is 10.5 Å². The number of ether oxygens (including phenoxy) is 1. The summed E-state index contributed by atoms with van der Waals surface area (Å²) in [4.78, 5) is 24.7. The van der Waals surface area contributed by atoms with E-state index in [1.165, 1.54) is 4.90 Å². The number of methoxy groups -OCH3 is 1. The van der Waals surface area contributed by atoms with E-state index in [2.05, 4.69) is 0 Å². The van der Waals surface area contributed by atoms with Crippen LogP contribution in [0.4, 0.5) is 0 Å². The molecule has 2 amide bonds. The highest BCUT2D eigenvalue weighted by Gasteiger charge is 2.37. The van der Waals surface area contributed by atoms with Gasteiger partial charge in [0.05, 0.1) is 7.11 Å². The van der Waals surface area contributed by atoms with Crippen LogP contribution >= 0.6 is 0 Å². The van der Waals surface area contributed by atoms with Gasteiger partial charge < -0.3 is 20.5 Å². The van der Waals surface area contributed by atoms with Gasteiger partial charge in [-0.25, -0.2) is 0 Å². The third-order valence-electron chi connectivity index (χ3n) is 3.50. The Morgan fingerprint density at radius 3 is 2.60 bits per heavy atom. The number of benzene rings is 1. The maximum absolute atomic E-state index is 11.8. The minimum Gasteiger partial charge on any atom is -0.497 e. The smallest absolute Gasteiger partial charge is 0.252 e. The number of nitrogens with two attached hydrogens (primary N) is 1. The van der Waals surface area contributed by atoms with Crippen molar-refractivity contribution < 1.29 is 19.4 Å². The number of carbonyl (C=O) groups is 2. The average molecular weight is 278 g/mol. The number of likely N-dealkylation sites (tertiary alicyclic amines) is 1. The van der Waals surface area contributed by atoms with E-state index in [0.717, 1.165) is 11.3 Å². The maximum Gasteiger partial charge on any atom is 0.252 e. The van der Waals surface area contributed by atoms with Gasteiger partial charge in [-0.2, -0.15) is 0 Å². The molecular formula is C14H18N2O4. The number of aliphatic hydroxyl groups excluding tert-OH is 1. The molecule has 0 aromatic heterocycles. The van der Waals surface area contributed by atoms with E-state index >= 15 is 0 Å². The Labute approximate surface area is 117 Å².